The van der Waals surface area contributed by atoms with E-state index in [0.717, 1.165) is 0 Å². The van der Waals surface area contributed by atoms with Gasteiger partial charge in [0.25, 0.3) is 0 Å². The molecule has 56 valence electrons. The molecule has 0 aromatic carbocycles. The van der Waals surface area contributed by atoms with Crippen LogP contribution in [0, 0.1) is 0 Å². The van der Waals surface area contributed by atoms with Crippen LogP contribution in [0.5, 0.6) is 0 Å². The molecule has 0 rings (SSSR count). The summed E-state index contributed by atoms with van der Waals surface area (Å²) in [6.07, 6.45) is 0. The van der Waals surface area contributed by atoms with Crippen molar-refractivity contribution >= 4 is 7.82 Å². The Labute approximate surface area is 137 Å². The van der Waals surface area contributed by atoms with Gasteiger partial charge >= 0.3 is 88.7 Å². The van der Waals surface area contributed by atoms with Crippen LogP contribution in [0.4, 0.5) is 0 Å². The SMILES string of the molecule is O.O.O=P([O-])([O-])O.[Cl-].[Na+].[Na+].[Na+]. The fraction of sp³-hybridized carbons (Fsp3) is 0. The zero-order valence-electron chi connectivity index (χ0n) is 6.50. The Morgan fingerprint density at radius 1 is 1.00 bits per heavy atom. The van der Waals surface area contributed by atoms with Crippen LogP contribution in [-0.4, -0.2) is 15.8 Å². The Morgan fingerprint density at radius 2 is 1.00 bits per heavy atom. The molecule has 0 aromatic rings. The van der Waals surface area contributed by atoms with Crippen molar-refractivity contribution in [3.8, 4) is 0 Å². The van der Waals surface area contributed by atoms with Crippen LogP contribution in [0.3, 0.4) is 0 Å². The summed E-state index contributed by atoms with van der Waals surface area (Å²) < 4.78 is 8.66. The molecule has 11 heteroatoms. The Bertz CT molecular complexity index is 64.0. The van der Waals surface area contributed by atoms with E-state index in [0.29, 0.717) is 0 Å². The van der Waals surface area contributed by atoms with E-state index in [-0.39, 0.29) is 112 Å². The molecule has 0 atom stereocenters. The van der Waals surface area contributed by atoms with Gasteiger partial charge in [0.05, 0.1) is 7.82 Å². The number of hydrogen-bond donors (Lipinski definition) is 1. The molecule has 0 saturated heterocycles. The summed E-state index contributed by atoms with van der Waals surface area (Å²) in [6, 6.07) is 0. The molecule has 0 heterocycles. The summed E-state index contributed by atoms with van der Waals surface area (Å²) in [6.45, 7) is 0. The summed E-state index contributed by atoms with van der Waals surface area (Å²) in [7, 11) is -5.14. The van der Waals surface area contributed by atoms with Crippen LogP contribution in [0.1, 0.15) is 0 Å². The van der Waals surface area contributed by atoms with E-state index in [1.807, 2.05) is 0 Å². The van der Waals surface area contributed by atoms with Gasteiger partial charge in [0.15, 0.2) is 0 Å². The molecule has 0 aliphatic heterocycles. The van der Waals surface area contributed by atoms with Gasteiger partial charge in [-0.15, -0.1) is 0 Å². The van der Waals surface area contributed by atoms with Crippen molar-refractivity contribution in [2.75, 3.05) is 0 Å². The molecule has 0 bridgehead atoms. The third-order valence-electron chi connectivity index (χ3n) is 0. The Balaban J connectivity index is -0.00000000533. The second-order valence-corrected chi connectivity index (χ2v) is 1.41. The molecule has 0 aliphatic rings. The van der Waals surface area contributed by atoms with Crippen LogP contribution in [-0.2, 0) is 4.57 Å². The molecule has 11 heavy (non-hydrogen) atoms. The van der Waals surface area contributed by atoms with Crippen molar-refractivity contribution in [2.45, 2.75) is 0 Å². The molecule has 0 unspecified atom stereocenters. The third-order valence-corrected chi connectivity index (χ3v) is 0. The van der Waals surface area contributed by atoms with Gasteiger partial charge in [-0.2, -0.15) is 0 Å². The minimum atomic E-state index is -5.14. The minimum absolute atomic E-state index is 0. The monoisotopic (exact) mass is 236 g/mol. The van der Waals surface area contributed by atoms with Crippen molar-refractivity contribution < 1.29 is 131 Å². The van der Waals surface area contributed by atoms with Gasteiger partial charge in [-0.1, -0.05) is 0 Å². The van der Waals surface area contributed by atoms with Crippen LogP contribution >= 0.6 is 7.82 Å². The second kappa shape index (κ2) is 23.3. The van der Waals surface area contributed by atoms with E-state index in [4.69, 9.17) is 19.2 Å². The van der Waals surface area contributed by atoms with Gasteiger partial charge in [0.1, 0.15) is 0 Å². The standard InChI is InChI=1S/ClH.3Na.H3O4P.2H2O/c;;;;1-5(2,3)4;;/h1H;;;;(H3,1,2,3,4);2*1H2/q;3*+1;;;/p-3. The zero-order chi connectivity index (χ0) is 4.50. The summed E-state index contributed by atoms with van der Waals surface area (Å²) in [5.41, 5.74) is 0. The van der Waals surface area contributed by atoms with E-state index in [1.54, 1.807) is 0 Å². The Hall–Kier alpha value is 3.32. The second-order valence-electron chi connectivity index (χ2n) is 0.469. The fourth-order valence-electron chi connectivity index (χ4n) is 0. The Morgan fingerprint density at radius 3 is 1.00 bits per heavy atom. The number of rotatable bonds is 0. The maximum absolute atomic E-state index is 8.66. The van der Waals surface area contributed by atoms with Crippen molar-refractivity contribution in [2.24, 2.45) is 0 Å². The van der Waals surface area contributed by atoms with Crippen molar-refractivity contribution in [1.82, 2.24) is 0 Å². The maximum atomic E-state index is 8.66. The quantitative estimate of drug-likeness (QED) is 0.328. The first-order valence-electron chi connectivity index (χ1n) is 0.748. The summed E-state index contributed by atoms with van der Waals surface area (Å²) in [5, 5.41) is 0. The molecule has 0 amide bonds. The third kappa shape index (κ3) is 155. The first-order valence-corrected chi connectivity index (χ1v) is 2.24. The van der Waals surface area contributed by atoms with Gasteiger partial charge in [-0.05, 0) is 0 Å². The molecular weight excluding hydrogens is 231 g/mol. The van der Waals surface area contributed by atoms with Gasteiger partial charge in [-0.25, -0.2) is 0 Å². The van der Waals surface area contributed by atoms with Crippen molar-refractivity contribution in [1.29, 1.82) is 0 Å². The average Bonchev–Trinajstić information content (AvgIpc) is 0.722. The molecule has 0 aliphatic carbocycles. The van der Waals surface area contributed by atoms with E-state index in [1.165, 1.54) is 0 Å². The first-order chi connectivity index (χ1) is 2.00. The largest absolute Gasteiger partial charge is 1.00 e. The average molecular weight is 236 g/mol. The maximum Gasteiger partial charge on any atom is 1.00 e. The topological polar surface area (TPSA) is 146 Å². The van der Waals surface area contributed by atoms with Gasteiger partial charge < -0.3 is 42.6 Å². The number of phosphoric acid groups is 1. The molecule has 0 aromatic heterocycles. The smallest absolute Gasteiger partial charge is 1.00 e. The van der Waals surface area contributed by atoms with Crippen LogP contribution in [0.15, 0.2) is 0 Å². The number of hydrogen-bond acceptors (Lipinski definition) is 3. The number of halogens is 1. The molecule has 0 saturated carbocycles. The Kier molecular flexibility index (Phi) is 100. The zero-order valence-corrected chi connectivity index (χ0v) is 14.1. The molecule has 0 spiro atoms. The summed E-state index contributed by atoms with van der Waals surface area (Å²) in [5.74, 6) is 0. The summed E-state index contributed by atoms with van der Waals surface area (Å²) >= 11 is 0. The first kappa shape index (κ1) is 47.4. The van der Waals surface area contributed by atoms with Crippen LogP contribution in [0.2, 0.25) is 0 Å². The van der Waals surface area contributed by atoms with E-state index in [2.05, 4.69) is 0 Å². The molecule has 0 radical (unpaired) electrons. The minimum Gasteiger partial charge on any atom is -1.00 e. The summed E-state index contributed by atoms with van der Waals surface area (Å²) in [4.78, 5) is 24.3. The van der Waals surface area contributed by atoms with E-state index in [9.17, 15) is 0 Å². The van der Waals surface area contributed by atoms with Crippen LogP contribution in [0.25, 0.3) is 0 Å². The predicted octanol–water partition coefficient (Wildman–Crippen LogP) is -15.8. The van der Waals surface area contributed by atoms with E-state index >= 15 is 0 Å². The van der Waals surface area contributed by atoms with Crippen LogP contribution < -0.4 is 111 Å². The van der Waals surface area contributed by atoms with Crippen molar-refractivity contribution in [3.05, 3.63) is 0 Å². The molecule has 6 nitrogen and oxygen atoms in total. The van der Waals surface area contributed by atoms with Gasteiger partial charge in [-0.3, -0.25) is 0 Å². The van der Waals surface area contributed by atoms with E-state index < -0.39 is 7.82 Å². The molecule has 0 fully saturated rings. The van der Waals surface area contributed by atoms with Crippen molar-refractivity contribution in [3.63, 3.8) is 0 Å². The molecule has 5 N–H and O–H groups in total. The fourth-order valence-corrected chi connectivity index (χ4v) is 0. The van der Waals surface area contributed by atoms with Gasteiger partial charge in [0, 0.05) is 0 Å². The van der Waals surface area contributed by atoms with Gasteiger partial charge in [0.2, 0.25) is 0 Å². The normalized spacial score (nSPS) is 5.36. The molecular formula is H5ClNa3O6P. The predicted molar refractivity (Wildman–Crippen MR) is 17.1 cm³/mol.